The Morgan fingerprint density at radius 1 is 1.38 bits per heavy atom. The lowest BCUT2D eigenvalue weighted by atomic mass is 10.1. The highest BCUT2D eigenvalue weighted by Gasteiger charge is 2.12. The van der Waals surface area contributed by atoms with E-state index in [1.807, 2.05) is 19.1 Å². The fourth-order valence-electron chi connectivity index (χ4n) is 1.23. The van der Waals surface area contributed by atoms with Gasteiger partial charge in [-0.2, -0.15) is 0 Å². The summed E-state index contributed by atoms with van der Waals surface area (Å²) in [5.74, 6) is -0.889. The molecule has 5 heteroatoms. The minimum absolute atomic E-state index is 0.0441. The Morgan fingerprint density at radius 2 is 2.00 bits per heavy atom. The molecule has 0 unspecified atom stereocenters. The van der Waals surface area contributed by atoms with E-state index in [-0.39, 0.29) is 12.5 Å². The fraction of sp³-hybridized carbons (Fsp3) is 0.273. The average molecular weight is 221 g/mol. The minimum Gasteiger partial charge on any atom is -0.368 e. The number of hydrogen-bond acceptors (Lipinski definition) is 3. The monoisotopic (exact) mass is 221 g/mol. The van der Waals surface area contributed by atoms with Gasteiger partial charge in [-0.05, 0) is 18.6 Å². The summed E-state index contributed by atoms with van der Waals surface area (Å²) < 4.78 is 0. The van der Waals surface area contributed by atoms with Gasteiger partial charge >= 0.3 is 0 Å². The van der Waals surface area contributed by atoms with Gasteiger partial charge in [-0.15, -0.1) is 0 Å². The lowest BCUT2D eigenvalue weighted by Gasteiger charge is -2.10. The van der Waals surface area contributed by atoms with Crippen LogP contribution in [0.5, 0.6) is 0 Å². The van der Waals surface area contributed by atoms with Crippen molar-refractivity contribution in [3.05, 3.63) is 35.4 Å². The highest BCUT2D eigenvalue weighted by Crippen LogP contribution is 2.06. The lowest BCUT2D eigenvalue weighted by molar-refractivity contribution is -0.119. The van der Waals surface area contributed by atoms with E-state index in [2.05, 4.69) is 5.32 Å². The van der Waals surface area contributed by atoms with Gasteiger partial charge in [0, 0.05) is 12.1 Å². The summed E-state index contributed by atoms with van der Waals surface area (Å²) in [5, 5.41) is 2.56. The summed E-state index contributed by atoms with van der Waals surface area (Å²) in [4.78, 5) is 22.3. The van der Waals surface area contributed by atoms with Crippen LogP contribution in [0.3, 0.4) is 0 Å². The van der Waals surface area contributed by atoms with E-state index in [1.165, 1.54) is 0 Å². The Hall–Kier alpha value is -1.88. The highest BCUT2D eigenvalue weighted by molar-refractivity contribution is 5.96. The zero-order chi connectivity index (χ0) is 12.1. The van der Waals surface area contributed by atoms with Crippen LogP contribution in [-0.4, -0.2) is 24.4 Å². The minimum atomic E-state index is -0.854. The van der Waals surface area contributed by atoms with Gasteiger partial charge in [0.1, 0.15) is 6.04 Å². The summed E-state index contributed by atoms with van der Waals surface area (Å²) in [6.45, 7) is 1.88. The Labute approximate surface area is 93.8 Å². The van der Waals surface area contributed by atoms with Crippen molar-refractivity contribution in [3.63, 3.8) is 0 Å². The SMILES string of the molecule is Cc1ccccc1C(=O)NC[C@H](N)C(N)=O. The molecular formula is C11H15N3O2. The molecule has 86 valence electrons. The molecular weight excluding hydrogens is 206 g/mol. The van der Waals surface area contributed by atoms with Crippen LogP contribution >= 0.6 is 0 Å². The second-order valence-electron chi connectivity index (χ2n) is 3.53. The van der Waals surface area contributed by atoms with Crippen molar-refractivity contribution in [2.24, 2.45) is 11.5 Å². The quantitative estimate of drug-likeness (QED) is 0.641. The molecule has 0 heterocycles. The zero-order valence-electron chi connectivity index (χ0n) is 9.07. The van der Waals surface area contributed by atoms with E-state index in [1.54, 1.807) is 12.1 Å². The van der Waals surface area contributed by atoms with E-state index < -0.39 is 11.9 Å². The van der Waals surface area contributed by atoms with Gasteiger partial charge in [0.15, 0.2) is 0 Å². The highest BCUT2D eigenvalue weighted by atomic mass is 16.2. The molecule has 0 aliphatic rings. The molecule has 1 rings (SSSR count). The van der Waals surface area contributed by atoms with Crippen LogP contribution in [0.1, 0.15) is 15.9 Å². The van der Waals surface area contributed by atoms with Gasteiger partial charge in [-0.25, -0.2) is 0 Å². The Balaban J connectivity index is 2.60. The maximum atomic E-state index is 11.7. The number of amides is 2. The Kier molecular flexibility index (Phi) is 4.02. The first-order valence-electron chi connectivity index (χ1n) is 4.91. The molecule has 0 spiro atoms. The largest absolute Gasteiger partial charge is 0.368 e. The van der Waals surface area contributed by atoms with Crippen molar-refractivity contribution in [1.29, 1.82) is 0 Å². The maximum Gasteiger partial charge on any atom is 0.251 e. The third kappa shape index (κ3) is 3.06. The number of nitrogens with one attached hydrogen (secondary N) is 1. The van der Waals surface area contributed by atoms with Crippen molar-refractivity contribution in [2.75, 3.05) is 6.54 Å². The molecule has 0 saturated carbocycles. The zero-order valence-corrected chi connectivity index (χ0v) is 9.07. The first kappa shape index (κ1) is 12.2. The Morgan fingerprint density at radius 3 is 2.56 bits per heavy atom. The number of benzene rings is 1. The number of carbonyl (C=O) groups excluding carboxylic acids is 2. The standard InChI is InChI=1S/C11H15N3O2/c1-7-4-2-3-5-8(7)11(16)14-6-9(12)10(13)15/h2-5,9H,6,12H2,1H3,(H2,13,15)(H,14,16)/t9-/m0/s1. The van der Waals surface area contributed by atoms with E-state index in [0.717, 1.165) is 5.56 Å². The van der Waals surface area contributed by atoms with Gasteiger partial charge in [0.05, 0.1) is 0 Å². The van der Waals surface area contributed by atoms with E-state index in [0.29, 0.717) is 5.56 Å². The predicted octanol–water partition coefficient (Wildman–Crippen LogP) is -0.463. The van der Waals surface area contributed by atoms with Gasteiger partial charge in [0.2, 0.25) is 5.91 Å². The van der Waals surface area contributed by atoms with Crippen molar-refractivity contribution in [2.45, 2.75) is 13.0 Å². The molecule has 16 heavy (non-hydrogen) atoms. The first-order chi connectivity index (χ1) is 7.52. The van der Waals surface area contributed by atoms with Crippen LogP contribution in [0.2, 0.25) is 0 Å². The average Bonchev–Trinajstić information content (AvgIpc) is 2.25. The topological polar surface area (TPSA) is 98.2 Å². The molecule has 2 amide bonds. The molecule has 1 atom stereocenters. The van der Waals surface area contributed by atoms with Crippen LogP contribution in [-0.2, 0) is 4.79 Å². The Bertz CT molecular complexity index is 404. The molecule has 5 nitrogen and oxygen atoms in total. The van der Waals surface area contributed by atoms with E-state index in [4.69, 9.17) is 11.5 Å². The molecule has 1 aromatic rings. The second-order valence-corrected chi connectivity index (χ2v) is 3.53. The normalized spacial score (nSPS) is 11.9. The number of rotatable bonds is 4. The van der Waals surface area contributed by atoms with Gasteiger partial charge in [0.25, 0.3) is 5.91 Å². The summed E-state index contributed by atoms with van der Waals surface area (Å²) in [5.41, 5.74) is 11.8. The number of nitrogens with two attached hydrogens (primary N) is 2. The first-order valence-corrected chi connectivity index (χ1v) is 4.91. The van der Waals surface area contributed by atoms with Crippen molar-refractivity contribution in [3.8, 4) is 0 Å². The smallest absolute Gasteiger partial charge is 0.251 e. The molecule has 0 aliphatic carbocycles. The number of primary amides is 1. The van der Waals surface area contributed by atoms with Crippen LogP contribution in [0, 0.1) is 6.92 Å². The van der Waals surface area contributed by atoms with Crippen LogP contribution in [0.25, 0.3) is 0 Å². The molecule has 0 fully saturated rings. The number of aryl methyl sites for hydroxylation is 1. The van der Waals surface area contributed by atoms with E-state index >= 15 is 0 Å². The van der Waals surface area contributed by atoms with Gasteiger partial charge < -0.3 is 16.8 Å². The fourth-order valence-corrected chi connectivity index (χ4v) is 1.23. The van der Waals surface area contributed by atoms with E-state index in [9.17, 15) is 9.59 Å². The molecule has 0 aliphatic heterocycles. The molecule has 0 radical (unpaired) electrons. The summed E-state index contributed by atoms with van der Waals surface area (Å²) in [6, 6.07) is 6.31. The maximum absolute atomic E-state index is 11.7. The van der Waals surface area contributed by atoms with Crippen molar-refractivity contribution in [1.82, 2.24) is 5.32 Å². The predicted molar refractivity (Wildman–Crippen MR) is 60.7 cm³/mol. The summed E-state index contributed by atoms with van der Waals surface area (Å²) in [7, 11) is 0. The summed E-state index contributed by atoms with van der Waals surface area (Å²) >= 11 is 0. The number of carbonyl (C=O) groups is 2. The molecule has 1 aromatic carbocycles. The van der Waals surface area contributed by atoms with Crippen LogP contribution in [0.4, 0.5) is 0 Å². The molecule has 0 bridgehead atoms. The lowest BCUT2D eigenvalue weighted by Crippen LogP contribution is -2.45. The third-order valence-corrected chi connectivity index (χ3v) is 2.24. The van der Waals surface area contributed by atoms with Gasteiger partial charge in [-0.3, -0.25) is 9.59 Å². The van der Waals surface area contributed by atoms with Crippen molar-refractivity contribution < 1.29 is 9.59 Å². The molecule has 5 N–H and O–H groups in total. The van der Waals surface area contributed by atoms with Crippen LogP contribution < -0.4 is 16.8 Å². The molecule has 0 saturated heterocycles. The van der Waals surface area contributed by atoms with Gasteiger partial charge in [-0.1, -0.05) is 18.2 Å². The third-order valence-electron chi connectivity index (χ3n) is 2.24. The van der Waals surface area contributed by atoms with Crippen molar-refractivity contribution >= 4 is 11.8 Å². The second kappa shape index (κ2) is 5.27. The number of hydrogen-bond donors (Lipinski definition) is 3. The summed E-state index contributed by atoms with van der Waals surface area (Å²) in [6.07, 6.45) is 0. The van der Waals surface area contributed by atoms with Crippen LogP contribution in [0.15, 0.2) is 24.3 Å². The molecule has 0 aromatic heterocycles.